The molecule has 132 valence electrons. The van der Waals surface area contributed by atoms with Crippen molar-refractivity contribution in [2.24, 2.45) is 5.92 Å². The molecule has 0 unspecified atom stereocenters. The van der Waals surface area contributed by atoms with Gasteiger partial charge >= 0.3 is 6.09 Å². The van der Waals surface area contributed by atoms with E-state index >= 15 is 0 Å². The Hall–Kier alpha value is -2.82. The summed E-state index contributed by atoms with van der Waals surface area (Å²) in [6.07, 6.45) is 0.927. The molecular formula is C20H23NO4. The Kier molecular flexibility index (Phi) is 7.01. The molecule has 0 aliphatic carbocycles. The maximum absolute atomic E-state index is 12.2. The van der Waals surface area contributed by atoms with Gasteiger partial charge in [-0.05, 0) is 29.7 Å². The molecule has 2 aromatic rings. The molecule has 0 fully saturated rings. The van der Waals surface area contributed by atoms with Gasteiger partial charge in [0, 0.05) is 5.92 Å². The fourth-order valence-corrected chi connectivity index (χ4v) is 2.55. The van der Waals surface area contributed by atoms with Gasteiger partial charge < -0.3 is 19.6 Å². The number of carbonyl (C=O) groups is 2. The summed E-state index contributed by atoms with van der Waals surface area (Å²) in [5.74, 6) is 0.381. The van der Waals surface area contributed by atoms with Crippen molar-refractivity contribution >= 4 is 12.4 Å². The van der Waals surface area contributed by atoms with Gasteiger partial charge in [0.15, 0.2) is 0 Å². The molecule has 0 aliphatic heterocycles. The van der Waals surface area contributed by atoms with Crippen LogP contribution in [0.4, 0.5) is 4.79 Å². The first kappa shape index (κ1) is 18.5. The molecule has 25 heavy (non-hydrogen) atoms. The number of alkyl carbamates (subject to hydrolysis) is 1. The molecule has 0 radical (unpaired) electrons. The fraction of sp³-hybridized carbons (Fsp3) is 0.300. The number of ether oxygens (including phenoxy) is 2. The van der Waals surface area contributed by atoms with Gasteiger partial charge in [-0.25, -0.2) is 4.79 Å². The Morgan fingerprint density at radius 1 is 1.12 bits per heavy atom. The van der Waals surface area contributed by atoms with Gasteiger partial charge in [0.05, 0.1) is 13.2 Å². The molecule has 5 nitrogen and oxygen atoms in total. The third-order valence-corrected chi connectivity index (χ3v) is 4.04. The van der Waals surface area contributed by atoms with Crippen molar-refractivity contribution in [2.45, 2.75) is 26.0 Å². The predicted molar refractivity (Wildman–Crippen MR) is 95.3 cm³/mol. The maximum Gasteiger partial charge on any atom is 0.407 e. The van der Waals surface area contributed by atoms with E-state index in [0.29, 0.717) is 12.2 Å². The van der Waals surface area contributed by atoms with Gasteiger partial charge in [0.25, 0.3) is 0 Å². The van der Waals surface area contributed by atoms with Gasteiger partial charge in [0.2, 0.25) is 0 Å². The SMILES string of the molecule is CC[C@@H](C=O)[C@H](NC(=O)OCc1ccccc1)c1ccc(OC)cc1. The van der Waals surface area contributed by atoms with Crippen LogP contribution in [-0.2, 0) is 16.1 Å². The Morgan fingerprint density at radius 2 is 1.80 bits per heavy atom. The Labute approximate surface area is 148 Å². The first-order valence-electron chi connectivity index (χ1n) is 8.24. The number of hydrogen-bond donors (Lipinski definition) is 1. The zero-order chi connectivity index (χ0) is 18.1. The lowest BCUT2D eigenvalue weighted by molar-refractivity contribution is -0.112. The standard InChI is InChI=1S/C20H23NO4/c1-3-16(13-22)19(17-9-11-18(24-2)12-10-17)21-20(23)25-14-15-7-5-4-6-8-15/h4-13,16,19H,3,14H2,1-2H3,(H,21,23)/t16-,19-/m0/s1. The Morgan fingerprint density at radius 3 is 2.36 bits per heavy atom. The van der Waals surface area contributed by atoms with Crippen LogP contribution in [0, 0.1) is 5.92 Å². The van der Waals surface area contributed by atoms with Crippen LogP contribution in [0.3, 0.4) is 0 Å². The summed E-state index contributed by atoms with van der Waals surface area (Å²) in [5, 5.41) is 2.81. The number of methoxy groups -OCH3 is 1. The van der Waals surface area contributed by atoms with Crippen LogP contribution >= 0.6 is 0 Å². The quantitative estimate of drug-likeness (QED) is 0.740. The lowest BCUT2D eigenvalue weighted by Crippen LogP contribution is -2.34. The average molecular weight is 341 g/mol. The summed E-state index contributed by atoms with van der Waals surface area (Å²) in [7, 11) is 1.59. The third-order valence-electron chi connectivity index (χ3n) is 4.04. The van der Waals surface area contributed by atoms with Crippen LogP contribution in [0.2, 0.25) is 0 Å². The van der Waals surface area contributed by atoms with Crippen molar-refractivity contribution in [2.75, 3.05) is 7.11 Å². The normalized spacial score (nSPS) is 12.7. The van der Waals surface area contributed by atoms with Crippen LogP contribution in [0.15, 0.2) is 54.6 Å². The monoisotopic (exact) mass is 341 g/mol. The van der Waals surface area contributed by atoms with Gasteiger partial charge in [0.1, 0.15) is 18.6 Å². The highest BCUT2D eigenvalue weighted by molar-refractivity contribution is 5.69. The summed E-state index contributed by atoms with van der Waals surface area (Å²) in [6, 6.07) is 16.3. The van der Waals surface area contributed by atoms with E-state index < -0.39 is 12.1 Å². The number of hydrogen-bond acceptors (Lipinski definition) is 4. The van der Waals surface area contributed by atoms with E-state index in [4.69, 9.17) is 9.47 Å². The number of rotatable bonds is 8. The molecule has 1 N–H and O–H groups in total. The van der Waals surface area contributed by atoms with E-state index in [2.05, 4.69) is 5.32 Å². The molecule has 0 aliphatic rings. The lowest BCUT2D eigenvalue weighted by Gasteiger charge is -2.23. The first-order valence-corrected chi connectivity index (χ1v) is 8.24. The van der Waals surface area contributed by atoms with Gasteiger partial charge in [-0.15, -0.1) is 0 Å². The van der Waals surface area contributed by atoms with Crippen LogP contribution in [0.1, 0.15) is 30.5 Å². The van der Waals surface area contributed by atoms with Crippen molar-refractivity contribution in [3.8, 4) is 5.75 Å². The zero-order valence-corrected chi connectivity index (χ0v) is 14.5. The van der Waals surface area contributed by atoms with E-state index in [1.54, 1.807) is 19.2 Å². The second kappa shape index (κ2) is 9.47. The summed E-state index contributed by atoms with van der Waals surface area (Å²) in [5.41, 5.74) is 1.73. The topological polar surface area (TPSA) is 64.6 Å². The Bertz CT molecular complexity index is 670. The highest BCUT2D eigenvalue weighted by Crippen LogP contribution is 2.25. The zero-order valence-electron chi connectivity index (χ0n) is 14.5. The van der Waals surface area contributed by atoms with Crippen molar-refractivity contribution in [3.05, 3.63) is 65.7 Å². The second-order valence-corrected chi connectivity index (χ2v) is 5.67. The largest absolute Gasteiger partial charge is 0.497 e. The van der Waals surface area contributed by atoms with Gasteiger partial charge in [-0.2, -0.15) is 0 Å². The second-order valence-electron chi connectivity index (χ2n) is 5.67. The molecule has 1 amide bonds. The summed E-state index contributed by atoms with van der Waals surface area (Å²) >= 11 is 0. The van der Waals surface area contributed by atoms with E-state index in [-0.39, 0.29) is 12.5 Å². The number of amides is 1. The molecule has 5 heteroatoms. The van der Waals surface area contributed by atoms with Gasteiger partial charge in [-0.3, -0.25) is 0 Å². The smallest absolute Gasteiger partial charge is 0.407 e. The molecule has 0 saturated carbocycles. The molecule has 0 bridgehead atoms. The van der Waals surface area contributed by atoms with Crippen LogP contribution in [-0.4, -0.2) is 19.5 Å². The van der Waals surface area contributed by atoms with Crippen LogP contribution in [0.25, 0.3) is 0 Å². The predicted octanol–water partition coefficient (Wildman–Crippen LogP) is 3.89. The number of benzene rings is 2. The Balaban J connectivity index is 2.06. The summed E-state index contributed by atoms with van der Waals surface area (Å²) in [6.45, 7) is 2.09. The molecule has 0 heterocycles. The molecular weight excluding hydrogens is 318 g/mol. The third kappa shape index (κ3) is 5.35. The molecule has 0 saturated heterocycles. The summed E-state index contributed by atoms with van der Waals surface area (Å²) in [4.78, 5) is 23.6. The van der Waals surface area contributed by atoms with E-state index in [9.17, 15) is 9.59 Å². The maximum atomic E-state index is 12.2. The minimum atomic E-state index is -0.551. The highest BCUT2D eigenvalue weighted by Gasteiger charge is 2.24. The van der Waals surface area contributed by atoms with Crippen molar-refractivity contribution in [1.29, 1.82) is 0 Å². The molecule has 2 atom stereocenters. The first-order chi connectivity index (χ1) is 12.2. The lowest BCUT2D eigenvalue weighted by atomic mass is 9.92. The highest BCUT2D eigenvalue weighted by atomic mass is 16.5. The molecule has 0 spiro atoms. The molecule has 0 aromatic heterocycles. The van der Waals surface area contributed by atoms with Crippen molar-refractivity contribution in [3.63, 3.8) is 0 Å². The van der Waals surface area contributed by atoms with Crippen molar-refractivity contribution in [1.82, 2.24) is 5.32 Å². The van der Waals surface area contributed by atoms with Crippen LogP contribution in [0.5, 0.6) is 5.75 Å². The van der Waals surface area contributed by atoms with Gasteiger partial charge in [-0.1, -0.05) is 49.4 Å². The summed E-state index contributed by atoms with van der Waals surface area (Å²) < 4.78 is 10.4. The van der Waals surface area contributed by atoms with E-state index in [1.165, 1.54) is 0 Å². The van der Waals surface area contributed by atoms with Crippen molar-refractivity contribution < 1.29 is 19.1 Å². The fourth-order valence-electron chi connectivity index (χ4n) is 2.55. The molecule has 2 aromatic carbocycles. The minimum Gasteiger partial charge on any atom is -0.497 e. The number of nitrogens with one attached hydrogen (secondary N) is 1. The molecule has 2 rings (SSSR count). The van der Waals surface area contributed by atoms with Crippen LogP contribution < -0.4 is 10.1 Å². The average Bonchev–Trinajstić information content (AvgIpc) is 2.67. The number of carbonyl (C=O) groups excluding carboxylic acids is 2. The number of aldehydes is 1. The van der Waals surface area contributed by atoms with E-state index in [0.717, 1.165) is 17.4 Å². The van der Waals surface area contributed by atoms with E-state index in [1.807, 2.05) is 49.4 Å². The minimum absolute atomic E-state index is 0.180.